The fraction of sp³-hybridized carbons (Fsp3) is 0.571. The van der Waals surface area contributed by atoms with Crippen LogP contribution < -0.4 is 5.32 Å². The zero-order valence-corrected chi connectivity index (χ0v) is 8.04. The molecule has 2 N–H and O–H groups in total. The van der Waals surface area contributed by atoms with Crippen LogP contribution in [0.5, 0.6) is 0 Å². The SMILES string of the molecule is CC(CCO)NC(=O)c1cnns1. The van der Waals surface area contributed by atoms with Crippen LogP contribution in [0.15, 0.2) is 6.20 Å². The molecule has 6 heteroatoms. The quantitative estimate of drug-likeness (QED) is 0.721. The zero-order chi connectivity index (χ0) is 9.68. The zero-order valence-electron chi connectivity index (χ0n) is 7.23. The number of hydrogen-bond donors (Lipinski definition) is 2. The second-order valence-corrected chi connectivity index (χ2v) is 3.45. The minimum Gasteiger partial charge on any atom is -0.396 e. The molecule has 0 fully saturated rings. The van der Waals surface area contributed by atoms with E-state index in [0.717, 1.165) is 11.5 Å². The fourth-order valence-electron chi connectivity index (χ4n) is 0.828. The van der Waals surface area contributed by atoms with Gasteiger partial charge in [-0.1, -0.05) is 4.49 Å². The second-order valence-electron chi connectivity index (χ2n) is 2.67. The third-order valence-electron chi connectivity index (χ3n) is 1.52. The van der Waals surface area contributed by atoms with E-state index in [2.05, 4.69) is 14.9 Å². The molecule has 1 amide bonds. The molecule has 0 aliphatic rings. The summed E-state index contributed by atoms with van der Waals surface area (Å²) in [4.78, 5) is 11.8. The van der Waals surface area contributed by atoms with Crippen LogP contribution in [-0.4, -0.2) is 33.2 Å². The lowest BCUT2D eigenvalue weighted by Crippen LogP contribution is -2.32. The van der Waals surface area contributed by atoms with E-state index in [4.69, 9.17) is 5.11 Å². The largest absolute Gasteiger partial charge is 0.396 e. The lowest BCUT2D eigenvalue weighted by atomic mass is 10.2. The normalized spacial score (nSPS) is 12.5. The molecule has 13 heavy (non-hydrogen) atoms. The van der Waals surface area contributed by atoms with Gasteiger partial charge in [0.05, 0.1) is 6.20 Å². The Hall–Kier alpha value is -1.01. The van der Waals surface area contributed by atoms with Crippen LogP contribution in [0.4, 0.5) is 0 Å². The molecule has 0 bridgehead atoms. The van der Waals surface area contributed by atoms with Gasteiger partial charge in [0.1, 0.15) is 4.88 Å². The molecular formula is C7H11N3O2S. The third-order valence-corrected chi connectivity index (χ3v) is 2.19. The molecule has 5 nitrogen and oxygen atoms in total. The highest BCUT2D eigenvalue weighted by molar-refractivity contribution is 7.07. The molecule has 0 aliphatic carbocycles. The van der Waals surface area contributed by atoms with Crippen LogP contribution in [0.25, 0.3) is 0 Å². The number of aliphatic hydroxyl groups is 1. The van der Waals surface area contributed by atoms with Crippen molar-refractivity contribution < 1.29 is 9.90 Å². The van der Waals surface area contributed by atoms with Gasteiger partial charge in [0.2, 0.25) is 0 Å². The maximum Gasteiger partial charge on any atom is 0.264 e. The standard InChI is InChI=1S/C7H11N3O2S/c1-5(2-3-11)9-7(12)6-4-8-10-13-6/h4-5,11H,2-3H2,1H3,(H,9,12). The molecule has 0 spiro atoms. The van der Waals surface area contributed by atoms with Gasteiger partial charge in [0, 0.05) is 12.6 Å². The molecule has 0 saturated carbocycles. The fourth-order valence-corrected chi connectivity index (χ4v) is 1.25. The van der Waals surface area contributed by atoms with Crippen molar-refractivity contribution >= 4 is 17.4 Å². The van der Waals surface area contributed by atoms with Crippen molar-refractivity contribution in [3.63, 3.8) is 0 Å². The summed E-state index contributed by atoms with van der Waals surface area (Å²) >= 11 is 1.06. The number of carbonyl (C=O) groups is 1. The summed E-state index contributed by atoms with van der Waals surface area (Å²) < 4.78 is 3.58. The number of rotatable bonds is 4. The van der Waals surface area contributed by atoms with E-state index in [1.165, 1.54) is 6.20 Å². The maximum atomic E-state index is 11.3. The second kappa shape index (κ2) is 4.88. The highest BCUT2D eigenvalue weighted by Gasteiger charge is 2.10. The van der Waals surface area contributed by atoms with E-state index >= 15 is 0 Å². The summed E-state index contributed by atoms with van der Waals surface area (Å²) in [5.41, 5.74) is 0. The smallest absolute Gasteiger partial charge is 0.264 e. The minimum absolute atomic E-state index is 0.0281. The number of amides is 1. The number of nitrogens with one attached hydrogen (secondary N) is 1. The average molecular weight is 201 g/mol. The minimum atomic E-state index is -0.184. The Bertz CT molecular complexity index is 263. The van der Waals surface area contributed by atoms with Crippen molar-refractivity contribution in [1.82, 2.24) is 14.9 Å². The first-order chi connectivity index (χ1) is 6.24. The third kappa shape index (κ3) is 3.08. The van der Waals surface area contributed by atoms with Crippen LogP contribution in [0, 0.1) is 0 Å². The van der Waals surface area contributed by atoms with Crippen LogP contribution in [0.2, 0.25) is 0 Å². The van der Waals surface area contributed by atoms with Gasteiger partial charge in [0.25, 0.3) is 5.91 Å². The van der Waals surface area contributed by atoms with Gasteiger partial charge in [-0.25, -0.2) is 0 Å². The number of aromatic nitrogens is 2. The number of hydrogen-bond acceptors (Lipinski definition) is 5. The molecule has 1 aromatic heterocycles. The Labute approximate surface area is 80.0 Å². The highest BCUT2D eigenvalue weighted by Crippen LogP contribution is 2.02. The predicted octanol–water partition coefficient (Wildman–Crippen LogP) is 0.0388. The van der Waals surface area contributed by atoms with Gasteiger partial charge in [-0.15, -0.1) is 5.10 Å². The van der Waals surface area contributed by atoms with Crippen LogP contribution in [-0.2, 0) is 0 Å². The van der Waals surface area contributed by atoms with E-state index in [9.17, 15) is 4.79 Å². The molecule has 1 rings (SSSR count). The average Bonchev–Trinajstić information content (AvgIpc) is 2.55. The van der Waals surface area contributed by atoms with Crippen molar-refractivity contribution in [1.29, 1.82) is 0 Å². The van der Waals surface area contributed by atoms with Crippen molar-refractivity contribution in [3.8, 4) is 0 Å². The van der Waals surface area contributed by atoms with E-state index in [1.807, 2.05) is 6.92 Å². The molecule has 1 unspecified atom stereocenters. The van der Waals surface area contributed by atoms with Crippen molar-refractivity contribution in [2.75, 3.05) is 6.61 Å². The van der Waals surface area contributed by atoms with Gasteiger partial charge in [-0.2, -0.15) is 0 Å². The Morgan fingerprint density at radius 1 is 1.85 bits per heavy atom. The molecule has 1 aromatic rings. The van der Waals surface area contributed by atoms with Crippen molar-refractivity contribution in [2.45, 2.75) is 19.4 Å². The molecule has 1 atom stereocenters. The van der Waals surface area contributed by atoms with Gasteiger partial charge in [-0.3, -0.25) is 4.79 Å². The van der Waals surface area contributed by atoms with Crippen molar-refractivity contribution in [2.24, 2.45) is 0 Å². The Kier molecular flexibility index (Phi) is 3.78. The van der Waals surface area contributed by atoms with Crippen LogP contribution in [0.1, 0.15) is 23.0 Å². The Morgan fingerprint density at radius 2 is 2.62 bits per heavy atom. The molecule has 0 aliphatic heterocycles. The van der Waals surface area contributed by atoms with E-state index < -0.39 is 0 Å². The van der Waals surface area contributed by atoms with Gasteiger partial charge in [-0.05, 0) is 24.9 Å². The summed E-state index contributed by atoms with van der Waals surface area (Å²) in [7, 11) is 0. The molecule has 0 saturated heterocycles. The van der Waals surface area contributed by atoms with E-state index in [-0.39, 0.29) is 18.6 Å². The lowest BCUT2D eigenvalue weighted by molar-refractivity contribution is 0.0938. The monoisotopic (exact) mass is 201 g/mol. The first-order valence-corrected chi connectivity index (χ1v) is 4.70. The van der Waals surface area contributed by atoms with Gasteiger partial charge in [0.15, 0.2) is 0 Å². The van der Waals surface area contributed by atoms with E-state index in [1.54, 1.807) is 0 Å². The molecule has 0 aromatic carbocycles. The molecule has 72 valence electrons. The van der Waals surface area contributed by atoms with Gasteiger partial charge < -0.3 is 10.4 Å². The number of carbonyl (C=O) groups excluding carboxylic acids is 1. The summed E-state index contributed by atoms with van der Waals surface area (Å²) in [6.45, 7) is 1.91. The topological polar surface area (TPSA) is 75.1 Å². The molecular weight excluding hydrogens is 190 g/mol. The van der Waals surface area contributed by atoms with Crippen LogP contribution >= 0.6 is 11.5 Å². The lowest BCUT2D eigenvalue weighted by Gasteiger charge is -2.10. The summed E-state index contributed by atoms with van der Waals surface area (Å²) in [6, 6.07) is -0.0281. The number of aliphatic hydroxyl groups excluding tert-OH is 1. The summed E-state index contributed by atoms with van der Waals surface area (Å²) in [6.07, 6.45) is 1.98. The number of nitrogens with zero attached hydrogens (tertiary/aromatic N) is 2. The Balaban J connectivity index is 2.42. The maximum absolute atomic E-state index is 11.3. The van der Waals surface area contributed by atoms with Crippen molar-refractivity contribution in [3.05, 3.63) is 11.1 Å². The Morgan fingerprint density at radius 3 is 3.15 bits per heavy atom. The van der Waals surface area contributed by atoms with E-state index in [0.29, 0.717) is 11.3 Å². The summed E-state index contributed by atoms with van der Waals surface area (Å²) in [5, 5.41) is 14.9. The molecule has 0 radical (unpaired) electrons. The first-order valence-electron chi connectivity index (χ1n) is 3.93. The first kappa shape index (κ1) is 10.1. The van der Waals surface area contributed by atoms with Gasteiger partial charge >= 0.3 is 0 Å². The van der Waals surface area contributed by atoms with Crippen LogP contribution in [0.3, 0.4) is 0 Å². The predicted molar refractivity (Wildman–Crippen MR) is 48.5 cm³/mol. The summed E-state index contributed by atoms with van der Waals surface area (Å²) in [5.74, 6) is -0.184. The molecule has 1 heterocycles. The highest BCUT2D eigenvalue weighted by atomic mass is 32.1.